The number of H-pyrrole nitrogens is 1. The van der Waals surface area contributed by atoms with E-state index < -0.39 is 0 Å². The summed E-state index contributed by atoms with van der Waals surface area (Å²) in [5.74, 6) is 0. The zero-order valence-electron chi connectivity index (χ0n) is 4.63. The van der Waals surface area contributed by atoms with Crippen molar-refractivity contribution in [2.24, 2.45) is 0 Å². The number of pyridine rings is 1. The standard InChI is InChI=1S/C6H5NS2/c8-4-5-2-1-3-6(9)7-5/h1-4H,(H,7,9). The number of rotatable bonds is 1. The smallest absolute Gasteiger partial charge is 0.103 e. The van der Waals surface area contributed by atoms with Crippen molar-refractivity contribution >= 4 is 29.8 Å². The molecule has 1 aromatic rings. The summed E-state index contributed by atoms with van der Waals surface area (Å²) in [6.45, 7) is 0. The molecule has 0 aliphatic carbocycles. The summed E-state index contributed by atoms with van der Waals surface area (Å²) in [6.07, 6.45) is 0. The first kappa shape index (κ1) is 6.58. The highest BCUT2D eigenvalue weighted by Crippen LogP contribution is 1.90. The first-order valence-electron chi connectivity index (χ1n) is 2.47. The molecule has 0 fully saturated rings. The Morgan fingerprint density at radius 2 is 2.22 bits per heavy atom. The molecule has 0 radical (unpaired) electrons. The number of aromatic nitrogens is 1. The molecule has 1 N–H and O–H groups in total. The first-order chi connectivity index (χ1) is 4.33. The molecule has 0 amide bonds. The van der Waals surface area contributed by atoms with Crippen LogP contribution in [0, 0.1) is 4.64 Å². The van der Waals surface area contributed by atoms with E-state index in [1.165, 1.54) is 0 Å². The van der Waals surface area contributed by atoms with E-state index in [0.29, 0.717) is 4.64 Å². The van der Waals surface area contributed by atoms with Gasteiger partial charge in [-0.05, 0) is 12.1 Å². The molecule has 1 nitrogen and oxygen atoms in total. The lowest BCUT2D eigenvalue weighted by Gasteiger charge is -1.87. The van der Waals surface area contributed by atoms with Gasteiger partial charge >= 0.3 is 0 Å². The highest BCUT2D eigenvalue weighted by molar-refractivity contribution is 7.79. The second-order valence-electron chi connectivity index (χ2n) is 1.59. The zero-order chi connectivity index (χ0) is 6.69. The number of aromatic amines is 1. The van der Waals surface area contributed by atoms with Gasteiger partial charge in [0.05, 0.1) is 0 Å². The first-order valence-corrected chi connectivity index (χ1v) is 3.35. The van der Waals surface area contributed by atoms with Gasteiger partial charge in [0.1, 0.15) is 4.64 Å². The Kier molecular flexibility index (Phi) is 2.08. The van der Waals surface area contributed by atoms with Crippen LogP contribution < -0.4 is 0 Å². The molecule has 9 heavy (non-hydrogen) atoms. The van der Waals surface area contributed by atoms with Crippen LogP contribution in [-0.2, 0) is 0 Å². The van der Waals surface area contributed by atoms with Crippen LogP contribution in [0.3, 0.4) is 0 Å². The summed E-state index contributed by atoms with van der Waals surface area (Å²) in [5, 5.41) is 1.57. The summed E-state index contributed by atoms with van der Waals surface area (Å²) in [6, 6.07) is 5.57. The monoisotopic (exact) mass is 155 g/mol. The van der Waals surface area contributed by atoms with Gasteiger partial charge in [0, 0.05) is 11.1 Å². The fourth-order valence-corrected chi connectivity index (χ4v) is 0.867. The molecule has 0 aliphatic heterocycles. The minimum atomic E-state index is 0.716. The zero-order valence-corrected chi connectivity index (χ0v) is 6.26. The number of thiocarbonyl (C=S) groups is 1. The van der Waals surface area contributed by atoms with E-state index in [4.69, 9.17) is 12.2 Å². The molecule has 0 unspecified atom stereocenters. The highest BCUT2D eigenvalue weighted by atomic mass is 32.1. The summed E-state index contributed by atoms with van der Waals surface area (Å²) >= 11 is 9.52. The molecule has 0 bridgehead atoms. The van der Waals surface area contributed by atoms with Crippen molar-refractivity contribution in [1.29, 1.82) is 0 Å². The molecule has 46 valence electrons. The SMILES string of the molecule is S=Cc1cccc(=S)[nH]1. The van der Waals surface area contributed by atoms with Crippen molar-refractivity contribution in [2.75, 3.05) is 0 Å². The third-order valence-electron chi connectivity index (χ3n) is 0.918. The van der Waals surface area contributed by atoms with Crippen LogP contribution >= 0.6 is 24.4 Å². The average molecular weight is 155 g/mol. The van der Waals surface area contributed by atoms with Gasteiger partial charge in [0.2, 0.25) is 0 Å². The molecule has 1 rings (SSSR count). The van der Waals surface area contributed by atoms with Crippen molar-refractivity contribution < 1.29 is 0 Å². The van der Waals surface area contributed by atoms with Crippen LogP contribution in [0.15, 0.2) is 18.2 Å². The quantitative estimate of drug-likeness (QED) is 0.625. The molecule has 0 aliphatic rings. The summed E-state index contributed by atoms with van der Waals surface area (Å²) in [7, 11) is 0. The van der Waals surface area contributed by atoms with Crippen molar-refractivity contribution in [2.45, 2.75) is 0 Å². The topological polar surface area (TPSA) is 15.8 Å². The second-order valence-corrected chi connectivity index (χ2v) is 2.26. The van der Waals surface area contributed by atoms with E-state index >= 15 is 0 Å². The molecule has 0 atom stereocenters. The van der Waals surface area contributed by atoms with Gasteiger partial charge < -0.3 is 4.98 Å². The third kappa shape index (κ3) is 1.69. The fraction of sp³-hybridized carbons (Fsp3) is 0. The van der Waals surface area contributed by atoms with E-state index in [1.54, 1.807) is 5.37 Å². The maximum Gasteiger partial charge on any atom is 0.103 e. The lowest BCUT2D eigenvalue weighted by Crippen LogP contribution is -1.82. The molecule has 0 aromatic carbocycles. The number of nitrogens with one attached hydrogen (secondary N) is 1. The molecule has 0 saturated carbocycles. The average Bonchev–Trinajstić information content (AvgIpc) is 1.88. The Bertz CT molecular complexity index is 264. The maximum atomic E-state index is 4.84. The molecule has 1 heterocycles. The van der Waals surface area contributed by atoms with Crippen LogP contribution in [0.1, 0.15) is 5.69 Å². The minimum Gasteiger partial charge on any atom is -0.346 e. The Morgan fingerprint density at radius 3 is 2.67 bits per heavy atom. The maximum absolute atomic E-state index is 4.84. The Balaban J connectivity index is 3.23. The Morgan fingerprint density at radius 1 is 1.44 bits per heavy atom. The van der Waals surface area contributed by atoms with E-state index in [0.717, 1.165) is 5.69 Å². The normalized spacial score (nSPS) is 8.89. The van der Waals surface area contributed by atoms with E-state index in [1.807, 2.05) is 18.2 Å². The fourth-order valence-electron chi connectivity index (χ4n) is 0.534. The van der Waals surface area contributed by atoms with Gasteiger partial charge in [-0.2, -0.15) is 0 Å². The second kappa shape index (κ2) is 2.85. The predicted octanol–water partition coefficient (Wildman–Crippen LogP) is 2.09. The van der Waals surface area contributed by atoms with Crippen molar-refractivity contribution in [3.05, 3.63) is 28.5 Å². The third-order valence-corrected chi connectivity index (χ3v) is 1.41. The van der Waals surface area contributed by atoms with E-state index in [-0.39, 0.29) is 0 Å². The lowest BCUT2D eigenvalue weighted by molar-refractivity contribution is 1.28. The van der Waals surface area contributed by atoms with Gasteiger partial charge in [-0.25, -0.2) is 0 Å². The summed E-state index contributed by atoms with van der Waals surface area (Å²) in [5.41, 5.74) is 0.887. The van der Waals surface area contributed by atoms with Crippen molar-refractivity contribution in [1.82, 2.24) is 4.98 Å². The van der Waals surface area contributed by atoms with Crippen LogP contribution in [0.5, 0.6) is 0 Å². The molecular formula is C6H5NS2. The molecule has 1 aromatic heterocycles. The van der Waals surface area contributed by atoms with Crippen molar-refractivity contribution in [3.63, 3.8) is 0 Å². The van der Waals surface area contributed by atoms with E-state index in [2.05, 4.69) is 17.2 Å². The Labute approximate surface area is 63.7 Å². The van der Waals surface area contributed by atoms with Crippen LogP contribution in [0.25, 0.3) is 0 Å². The number of hydrogen-bond acceptors (Lipinski definition) is 2. The van der Waals surface area contributed by atoms with Crippen molar-refractivity contribution in [3.8, 4) is 0 Å². The summed E-state index contributed by atoms with van der Waals surface area (Å²) in [4.78, 5) is 2.91. The Hall–Kier alpha value is -0.540. The molecule has 0 saturated heterocycles. The van der Waals surface area contributed by atoms with Crippen LogP contribution in [0.4, 0.5) is 0 Å². The summed E-state index contributed by atoms with van der Waals surface area (Å²) < 4.78 is 0.716. The lowest BCUT2D eigenvalue weighted by atomic mass is 10.4. The van der Waals surface area contributed by atoms with E-state index in [9.17, 15) is 0 Å². The van der Waals surface area contributed by atoms with Gasteiger partial charge in [0.25, 0.3) is 0 Å². The van der Waals surface area contributed by atoms with Gasteiger partial charge in [-0.3, -0.25) is 0 Å². The molecule has 3 heteroatoms. The minimum absolute atomic E-state index is 0.716. The predicted molar refractivity (Wildman–Crippen MR) is 44.4 cm³/mol. The van der Waals surface area contributed by atoms with Gasteiger partial charge in [-0.15, -0.1) is 0 Å². The van der Waals surface area contributed by atoms with Gasteiger partial charge in [0.15, 0.2) is 0 Å². The molecular weight excluding hydrogens is 150 g/mol. The largest absolute Gasteiger partial charge is 0.346 e. The van der Waals surface area contributed by atoms with Crippen LogP contribution in [0.2, 0.25) is 0 Å². The highest BCUT2D eigenvalue weighted by Gasteiger charge is 1.80. The van der Waals surface area contributed by atoms with Gasteiger partial charge in [-0.1, -0.05) is 30.5 Å². The molecule has 0 spiro atoms. The number of hydrogen-bond donors (Lipinski definition) is 1. The van der Waals surface area contributed by atoms with Crippen LogP contribution in [-0.4, -0.2) is 10.4 Å².